The van der Waals surface area contributed by atoms with Crippen molar-refractivity contribution in [2.75, 3.05) is 56.2 Å². The van der Waals surface area contributed by atoms with E-state index in [9.17, 15) is 13.2 Å². The highest BCUT2D eigenvalue weighted by Gasteiger charge is 2.28. The highest BCUT2D eigenvalue weighted by atomic mass is 32.2. The lowest BCUT2D eigenvalue weighted by Gasteiger charge is -2.31. The molecular weight excluding hydrogens is 454 g/mol. The highest BCUT2D eigenvalue weighted by Crippen LogP contribution is 2.32. The van der Waals surface area contributed by atoms with Crippen molar-refractivity contribution < 1.29 is 22.7 Å². The standard InChI is InChI=1S/C25H33N3O5S/c1-2-20-7-6-8-21(17-20)33-19-25(29)26-23-18-22(34(30,31)28-13-15-32-16-14-28)9-10-24(23)27-11-4-3-5-12-27/h6-10,17-18H,2-5,11-16,19H2,1H3,(H,26,29). The lowest BCUT2D eigenvalue weighted by Crippen LogP contribution is -2.40. The van der Waals surface area contributed by atoms with E-state index in [2.05, 4.69) is 17.1 Å². The lowest BCUT2D eigenvalue weighted by molar-refractivity contribution is -0.118. The quantitative estimate of drug-likeness (QED) is 0.615. The summed E-state index contributed by atoms with van der Waals surface area (Å²) in [6.45, 7) is 5.05. The van der Waals surface area contributed by atoms with Crippen LogP contribution in [0.3, 0.4) is 0 Å². The molecule has 0 atom stereocenters. The summed E-state index contributed by atoms with van der Waals surface area (Å²) >= 11 is 0. The number of nitrogens with zero attached hydrogens (tertiary/aromatic N) is 2. The molecule has 9 heteroatoms. The number of benzene rings is 2. The summed E-state index contributed by atoms with van der Waals surface area (Å²) in [6, 6.07) is 12.7. The van der Waals surface area contributed by atoms with Crippen LogP contribution in [0, 0.1) is 0 Å². The molecule has 2 aromatic carbocycles. The molecule has 2 aromatic rings. The molecule has 8 nitrogen and oxygen atoms in total. The number of nitrogens with one attached hydrogen (secondary N) is 1. The molecule has 1 N–H and O–H groups in total. The Morgan fingerprint density at radius 3 is 2.53 bits per heavy atom. The van der Waals surface area contributed by atoms with Gasteiger partial charge in [-0.2, -0.15) is 4.31 Å². The molecule has 0 bridgehead atoms. The van der Waals surface area contributed by atoms with E-state index < -0.39 is 10.0 Å². The Labute approximate surface area is 201 Å². The molecule has 4 rings (SSSR count). The van der Waals surface area contributed by atoms with Gasteiger partial charge in [-0.25, -0.2) is 8.42 Å². The maximum absolute atomic E-state index is 13.2. The molecule has 0 aliphatic carbocycles. The van der Waals surface area contributed by atoms with Crippen LogP contribution in [0.25, 0.3) is 0 Å². The first kappa shape index (κ1) is 24.5. The van der Waals surface area contributed by atoms with Gasteiger partial charge in [0.25, 0.3) is 5.91 Å². The van der Waals surface area contributed by atoms with Gasteiger partial charge in [0.15, 0.2) is 6.61 Å². The number of morpholine rings is 1. The van der Waals surface area contributed by atoms with Gasteiger partial charge < -0.3 is 19.7 Å². The van der Waals surface area contributed by atoms with Crippen molar-refractivity contribution in [1.29, 1.82) is 0 Å². The average Bonchev–Trinajstić information content (AvgIpc) is 2.88. The fourth-order valence-electron chi connectivity index (χ4n) is 4.31. The first-order valence-electron chi connectivity index (χ1n) is 12.0. The highest BCUT2D eigenvalue weighted by molar-refractivity contribution is 7.89. The van der Waals surface area contributed by atoms with Gasteiger partial charge in [0.2, 0.25) is 10.0 Å². The van der Waals surface area contributed by atoms with E-state index >= 15 is 0 Å². The first-order valence-corrected chi connectivity index (χ1v) is 13.4. The minimum absolute atomic E-state index is 0.160. The van der Waals surface area contributed by atoms with Crippen LogP contribution in [0.5, 0.6) is 5.75 Å². The van der Waals surface area contributed by atoms with E-state index in [0.29, 0.717) is 37.7 Å². The summed E-state index contributed by atoms with van der Waals surface area (Å²) in [7, 11) is -3.68. The minimum atomic E-state index is -3.68. The third-order valence-corrected chi connectivity index (χ3v) is 8.12. The van der Waals surface area contributed by atoms with E-state index in [4.69, 9.17) is 9.47 Å². The fraction of sp³-hybridized carbons (Fsp3) is 0.480. The van der Waals surface area contributed by atoms with Crippen LogP contribution in [0.1, 0.15) is 31.7 Å². The molecule has 2 saturated heterocycles. The smallest absolute Gasteiger partial charge is 0.262 e. The molecule has 0 aromatic heterocycles. The maximum Gasteiger partial charge on any atom is 0.262 e. The molecule has 0 spiro atoms. The second-order valence-electron chi connectivity index (χ2n) is 8.58. The topological polar surface area (TPSA) is 88.2 Å². The molecule has 2 fully saturated rings. The summed E-state index contributed by atoms with van der Waals surface area (Å²) in [4.78, 5) is 15.2. The third-order valence-electron chi connectivity index (χ3n) is 6.22. The number of anilines is 2. The first-order chi connectivity index (χ1) is 16.5. The van der Waals surface area contributed by atoms with Crippen molar-refractivity contribution >= 4 is 27.3 Å². The Kier molecular flexibility index (Phi) is 8.07. The third kappa shape index (κ3) is 5.89. The zero-order chi connectivity index (χ0) is 24.0. The summed E-state index contributed by atoms with van der Waals surface area (Å²) in [5.74, 6) is 0.301. The van der Waals surface area contributed by atoms with Crippen LogP contribution in [0.2, 0.25) is 0 Å². The zero-order valence-electron chi connectivity index (χ0n) is 19.7. The van der Waals surface area contributed by atoms with E-state index in [-0.39, 0.29) is 17.4 Å². The van der Waals surface area contributed by atoms with Crippen molar-refractivity contribution in [3.05, 3.63) is 48.0 Å². The second kappa shape index (κ2) is 11.2. The number of rotatable bonds is 8. The minimum Gasteiger partial charge on any atom is -0.484 e. The molecule has 1 amide bonds. The Balaban J connectivity index is 1.54. The Hall–Kier alpha value is -2.62. The predicted molar refractivity (Wildman–Crippen MR) is 132 cm³/mol. The molecule has 2 heterocycles. The fourth-order valence-corrected chi connectivity index (χ4v) is 5.75. The van der Waals surface area contributed by atoms with E-state index in [1.807, 2.05) is 24.3 Å². The molecular formula is C25H33N3O5S. The number of amides is 1. The second-order valence-corrected chi connectivity index (χ2v) is 10.5. The molecule has 34 heavy (non-hydrogen) atoms. The number of ether oxygens (including phenoxy) is 2. The van der Waals surface area contributed by atoms with Gasteiger partial charge in [0, 0.05) is 26.2 Å². The average molecular weight is 488 g/mol. The summed E-state index contributed by atoms with van der Waals surface area (Å²) in [5.41, 5.74) is 2.46. The van der Waals surface area contributed by atoms with E-state index in [0.717, 1.165) is 43.6 Å². The van der Waals surface area contributed by atoms with Crippen LogP contribution in [0.4, 0.5) is 11.4 Å². The van der Waals surface area contributed by atoms with Crippen molar-refractivity contribution in [2.45, 2.75) is 37.5 Å². The number of aryl methyl sites for hydroxylation is 1. The monoisotopic (exact) mass is 487 g/mol. The van der Waals surface area contributed by atoms with Gasteiger partial charge in [-0.1, -0.05) is 19.1 Å². The molecule has 2 aliphatic rings. The number of hydrogen-bond acceptors (Lipinski definition) is 6. The van der Waals surface area contributed by atoms with Gasteiger partial charge >= 0.3 is 0 Å². The van der Waals surface area contributed by atoms with E-state index in [1.54, 1.807) is 18.2 Å². The molecule has 184 valence electrons. The molecule has 2 aliphatic heterocycles. The molecule has 0 unspecified atom stereocenters. The van der Waals surface area contributed by atoms with Gasteiger partial charge in [0.05, 0.1) is 29.5 Å². The Morgan fingerprint density at radius 2 is 1.79 bits per heavy atom. The van der Waals surface area contributed by atoms with Crippen LogP contribution in [0.15, 0.2) is 47.4 Å². The van der Waals surface area contributed by atoms with Gasteiger partial charge in [-0.15, -0.1) is 0 Å². The van der Waals surface area contributed by atoms with Crippen molar-refractivity contribution in [3.63, 3.8) is 0 Å². The summed E-state index contributed by atoms with van der Waals surface area (Å²) in [6.07, 6.45) is 4.19. The summed E-state index contributed by atoms with van der Waals surface area (Å²) in [5, 5.41) is 2.91. The summed E-state index contributed by atoms with van der Waals surface area (Å²) < 4.78 is 38.8. The van der Waals surface area contributed by atoms with Crippen LogP contribution in [-0.4, -0.2) is 64.6 Å². The van der Waals surface area contributed by atoms with Crippen LogP contribution in [-0.2, 0) is 26.0 Å². The van der Waals surface area contributed by atoms with Crippen molar-refractivity contribution in [1.82, 2.24) is 4.31 Å². The largest absolute Gasteiger partial charge is 0.484 e. The lowest BCUT2D eigenvalue weighted by atomic mass is 10.1. The van der Waals surface area contributed by atoms with Crippen LogP contribution < -0.4 is 15.0 Å². The predicted octanol–water partition coefficient (Wildman–Crippen LogP) is 3.28. The number of hydrogen-bond donors (Lipinski definition) is 1. The number of sulfonamides is 1. The number of piperidine rings is 1. The van der Waals surface area contributed by atoms with Gasteiger partial charge in [-0.3, -0.25) is 4.79 Å². The zero-order valence-corrected chi connectivity index (χ0v) is 20.5. The Morgan fingerprint density at radius 1 is 1.03 bits per heavy atom. The normalized spacial score (nSPS) is 17.4. The van der Waals surface area contributed by atoms with E-state index in [1.165, 1.54) is 10.7 Å². The molecule has 0 radical (unpaired) electrons. The maximum atomic E-state index is 13.2. The Bertz CT molecular complexity index is 1090. The van der Waals surface area contributed by atoms with Crippen molar-refractivity contribution in [3.8, 4) is 5.75 Å². The van der Waals surface area contributed by atoms with Gasteiger partial charge in [-0.05, 0) is 61.6 Å². The van der Waals surface area contributed by atoms with Gasteiger partial charge in [0.1, 0.15) is 5.75 Å². The number of carbonyl (C=O) groups excluding carboxylic acids is 1. The SMILES string of the molecule is CCc1cccc(OCC(=O)Nc2cc(S(=O)(=O)N3CCOCC3)ccc2N2CCCCC2)c1. The molecule has 0 saturated carbocycles. The van der Waals surface area contributed by atoms with Crippen molar-refractivity contribution in [2.24, 2.45) is 0 Å². The number of carbonyl (C=O) groups is 1. The van der Waals surface area contributed by atoms with Crippen LogP contribution >= 0.6 is 0 Å².